The second-order valence-electron chi connectivity index (χ2n) is 4.55. The number of halogens is 1. The van der Waals surface area contributed by atoms with E-state index in [9.17, 15) is 20.0 Å². The van der Waals surface area contributed by atoms with Crippen LogP contribution in [0.25, 0.3) is 0 Å². The lowest BCUT2D eigenvalue weighted by atomic mass is 10.2. The van der Waals surface area contributed by atoms with Gasteiger partial charge in [0, 0.05) is 21.7 Å². The van der Waals surface area contributed by atoms with E-state index in [2.05, 4.69) is 26.5 Å². The van der Waals surface area contributed by atoms with Crippen LogP contribution in [-0.2, 0) is 0 Å². The number of hydrazone groups is 1. The molecule has 8 nitrogen and oxygen atoms in total. The van der Waals surface area contributed by atoms with Crippen molar-refractivity contribution >= 4 is 33.7 Å². The van der Waals surface area contributed by atoms with Gasteiger partial charge in [-0.2, -0.15) is 5.10 Å². The summed E-state index contributed by atoms with van der Waals surface area (Å²) in [4.78, 5) is 22.1. The summed E-state index contributed by atoms with van der Waals surface area (Å²) in [5.74, 6) is -1.07. The zero-order valence-corrected chi connectivity index (χ0v) is 14.0. The van der Waals surface area contributed by atoms with Crippen molar-refractivity contribution in [1.82, 2.24) is 5.43 Å². The summed E-state index contributed by atoms with van der Waals surface area (Å²) in [5, 5.41) is 24.3. The number of rotatable bonds is 5. The molecule has 0 aliphatic carbocycles. The van der Waals surface area contributed by atoms with Crippen molar-refractivity contribution in [1.29, 1.82) is 0 Å². The Hall–Kier alpha value is -2.94. The number of nitro benzene ring substituents is 1. The van der Waals surface area contributed by atoms with Gasteiger partial charge < -0.3 is 9.84 Å². The molecule has 0 aromatic heterocycles. The van der Waals surface area contributed by atoms with E-state index in [0.717, 1.165) is 10.5 Å². The van der Waals surface area contributed by atoms with Gasteiger partial charge in [0.2, 0.25) is 5.75 Å². The van der Waals surface area contributed by atoms with Crippen molar-refractivity contribution in [3.8, 4) is 11.5 Å². The van der Waals surface area contributed by atoms with E-state index >= 15 is 0 Å². The van der Waals surface area contributed by atoms with Crippen molar-refractivity contribution in [2.24, 2.45) is 5.10 Å². The minimum Gasteiger partial charge on any atom is -0.500 e. The maximum Gasteiger partial charge on any atom is 0.315 e. The first-order chi connectivity index (χ1) is 11.4. The molecule has 0 bridgehead atoms. The van der Waals surface area contributed by atoms with Gasteiger partial charge in [0.05, 0.1) is 18.2 Å². The van der Waals surface area contributed by atoms with Gasteiger partial charge in [-0.3, -0.25) is 14.9 Å². The number of nitrogens with zero attached hydrogens (tertiary/aromatic N) is 2. The van der Waals surface area contributed by atoms with Crippen LogP contribution < -0.4 is 10.2 Å². The fourth-order valence-electron chi connectivity index (χ4n) is 1.81. The largest absolute Gasteiger partial charge is 0.500 e. The second-order valence-corrected chi connectivity index (χ2v) is 5.47. The maximum absolute atomic E-state index is 11.9. The molecule has 2 aromatic rings. The van der Waals surface area contributed by atoms with Crippen LogP contribution >= 0.6 is 15.9 Å². The predicted octanol–water partition coefficient (Wildman–Crippen LogP) is 2.84. The van der Waals surface area contributed by atoms with Gasteiger partial charge in [-0.1, -0.05) is 15.9 Å². The number of amides is 1. The molecule has 0 atom stereocenters. The highest BCUT2D eigenvalue weighted by Crippen LogP contribution is 2.36. The first kappa shape index (κ1) is 17.4. The fourth-order valence-corrected chi connectivity index (χ4v) is 2.08. The van der Waals surface area contributed by atoms with E-state index in [-0.39, 0.29) is 11.3 Å². The lowest BCUT2D eigenvalue weighted by molar-refractivity contribution is -0.386. The van der Waals surface area contributed by atoms with Crippen LogP contribution in [0, 0.1) is 10.1 Å². The van der Waals surface area contributed by atoms with Crippen molar-refractivity contribution in [3.63, 3.8) is 0 Å². The number of methoxy groups -OCH3 is 1. The summed E-state index contributed by atoms with van der Waals surface area (Å²) in [6.07, 6.45) is 1.21. The van der Waals surface area contributed by atoms with E-state index in [4.69, 9.17) is 4.74 Å². The number of hydrogen-bond donors (Lipinski definition) is 2. The van der Waals surface area contributed by atoms with E-state index in [1.165, 1.54) is 19.4 Å². The average molecular weight is 394 g/mol. The third-order valence-electron chi connectivity index (χ3n) is 2.98. The Kier molecular flexibility index (Phi) is 5.48. The molecule has 0 heterocycles. The van der Waals surface area contributed by atoms with Crippen molar-refractivity contribution < 1.29 is 19.6 Å². The standard InChI is InChI=1S/C15H12BrN3O5/c1-24-13-7-9(6-12(14(13)20)19(22)23)8-17-18-15(21)10-2-4-11(16)5-3-10/h2-8,20H,1H3,(H,18,21)/b17-8-. The van der Waals surface area contributed by atoms with Gasteiger partial charge in [0.1, 0.15) is 0 Å². The monoisotopic (exact) mass is 393 g/mol. The Labute approximate surface area is 145 Å². The van der Waals surface area contributed by atoms with Gasteiger partial charge >= 0.3 is 5.69 Å². The van der Waals surface area contributed by atoms with E-state index in [0.29, 0.717) is 5.56 Å². The third-order valence-corrected chi connectivity index (χ3v) is 3.51. The lowest BCUT2D eigenvalue weighted by Gasteiger charge is -2.05. The molecule has 0 aliphatic rings. The molecule has 0 radical (unpaired) electrons. The van der Waals surface area contributed by atoms with Gasteiger partial charge in [-0.15, -0.1) is 0 Å². The Morgan fingerprint density at radius 3 is 2.62 bits per heavy atom. The molecule has 24 heavy (non-hydrogen) atoms. The molecule has 2 N–H and O–H groups in total. The number of nitro groups is 1. The fraction of sp³-hybridized carbons (Fsp3) is 0.0667. The second kappa shape index (κ2) is 7.55. The van der Waals surface area contributed by atoms with Crippen molar-refractivity contribution in [2.45, 2.75) is 0 Å². The molecule has 0 saturated heterocycles. The molecule has 2 aromatic carbocycles. The number of ether oxygens (including phenoxy) is 1. The van der Waals surface area contributed by atoms with Gasteiger partial charge in [-0.25, -0.2) is 5.43 Å². The molecule has 1 amide bonds. The summed E-state index contributed by atoms with van der Waals surface area (Å²) in [6.45, 7) is 0. The summed E-state index contributed by atoms with van der Waals surface area (Å²) in [6, 6.07) is 9.14. The zero-order chi connectivity index (χ0) is 17.7. The molecule has 0 saturated carbocycles. The highest BCUT2D eigenvalue weighted by Gasteiger charge is 2.19. The van der Waals surface area contributed by atoms with Crippen LogP contribution in [-0.4, -0.2) is 29.3 Å². The molecular formula is C15H12BrN3O5. The molecule has 9 heteroatoms. The first-order valence-electron chi connectivity index (χ1n) is 6.56. The quantitative estimate of drug-likeness (QED) is 0.460. The van der Waals surface area contributed by atoms with E-state index < -0.39 is 22.3 Å². The number of phenolic OH excluding ortho intramolecular Hbond substituents is 1. The highest BCUT2D eigenvalue weighted by atomic mass is 79.9. The number of nitrogens with one attached hydrogen (secondary N) is 1. The minimum atomic E-state index is -0.740. The van der Waals surface area contributed by atoms with Crippen molar-refractivity contribution in [3.05, 3.63) is 62.1 Å². The number of aromatic hydroxyl groups is 1. The van der Waals surface area contributed by atoms with Gasteiger partial charge in [0.25, 0.3) is 5.91 Å². The maximum atomic E-state index is 11.9. The summed E-state index contributed by atoms with van der Waals surface area (Å²) in [7, 11) is 1.27. The Bertz CT molecular complexity index is 806. The van der Waals surface area contributed by atoms with Crippen LogP contribution in [0.4, 0.5) is 5.69 Å². The Morgan fingerprint density at radius 1 is 1.38 bits per heavy atom. The third kappa shape index (κ3) is 4.07. The number of hydrogen-bond acceptors (Lipinski definition) is 6. The molecule has 2 rings (SSSR count). The van der Waals surface area contributed by atoms with Crippen LogP contribution in [0.5, 0.6) is 11.5 Å². The first-order valence-corrected chi connectivity index (χ1v) is 7.36. The van der Waals surface area contributed by atoms with Crippen LogP contribution in [0.2, 0.25) is 0 Å². The summed E-state index contributed by atoms with van der Waals surface area (Å²) >= 11 is 3.27. The molecule has 0 fully saturated rings. The van der Waals surface area contributed by atoms with Gasteiger partial charge in [0.15, 0.2) is 5.75 Å². The SMILES string of the molecule is COc1cc(/C=N\NC(=O)c2ccc(Br)cc2)cc([N+](=O)[O-])c1O. The topological polar surface area (TPSA) is 114 Å². The number of carbonyl (C=O) groups is 1. The molecule has 0 aliphatic heterocycles. The smallest absolute Gasteiger partial charge is 0.315 e. The van der Waals surface area contributed by atoms with Gasteiger partial charge in [-0.05, 0) is 30.3 Å². The molecule has 0 unspecified atom stereocenters. The molecular weight excluding hydrogens is 382 g/mol. The minimum absolute atomic E-state index is 0.0649. The van der Waals surface area contributed by atoms with Crippen molar-refractivity contribution in [2.75, 3.05) is 7.11 Å². The zero-order valence-electron chi connectivity index (χ0n) is 12.4. The number of carbonyl (C=O) groups excluding carboxylic acids is 1. The normalized spacial score (nSPS) is 10.6. The van der Waals surface area contributed by atoms with Crippen LogP contribution in [0.3, 0.4) is 0 Å². The molecule has 124 valence electrons. The average Bonchev–Trinajstić information content (AvgIpc) is 2.56. The highest BCUT2D eigenvalue weighted by molar-refractivity contribution is 9.10. The molecule has 0 spiro atoms. The van der Waals surface area contributed by atoms with Crippen LogP contribution in [0.15, 0.2) is 46.0 Å². The predicted molar refractivity (Wildman–Crippen MR) is 90.5 cm³/mol. The van der Waals surface area contributed by atoms with E-state index in [1.807, 2.05) is 0 Å². The lowest BCUT2D eigenvalue weighted by Crippen LogP contribution is -2.17. The number of phenols is 1. The number of benzene rings is 2. The Morgan fingerprint density at radius 2 is 2.04 bits per heavy atom. The summed E-state index contributed by atoms with van der Waals surface area (Å²) in [5.41, 5.74) is 2.48. The van der Waals surface area contributed by atoms with E-state index in [1.54, 1.807) is 24.3 Å². The van der Waals surface area contributed by atoms with Crippen LogP contribution in [0.1, 0.15) is 15.9 Å². The Balaban J connectivity index is 2.16. The summed E-state index contributed by atoms with van der Waals surface area (Å²) < 4.78 is 5.72.